The third kappa shape index (κ3) is 11.0. The lowest BCUT2D eigenvalue weighted by Gasteiger charge is -2.23. The quantitative estimate of drug-likeness (QED) is 0.312. The van der Waals surface area contributed by atoms with Gasteiger partial charge >= 0.3 is 29.8 Å². The van der Waals surface area contributed by atoms with Crippen LogP contribution in [0.2, 0.25) is 0 Å². The Labute approximate surface area is 168 Å². The summed E-state index contributed by atoms with van der Waals surface area (Å²) in [5.41, 5.74) is -2.78. The number of ether oxygens (including phenoxy) is 4. The summed E-state index contributed by atoms with van der Waals surface area (Å²) in [7, 11) is 0. The van der Waals surface area contributed by atoms with Crippen LogP contribution in [0.25, 0.3) is 0 Å². The zero-order chi connectivity index (χ0) is 22.6. The van der Waals surface area contributed by atoms with Gasteiger partial charge in [0.15, 0.2) is 5.60 Å². The first-order chi connectivity index (χ1) is 13.4. The second-order valence-electron chi connectivity index (χ2n) is 6.31. The molecule has 0 radical (unpaired) electrons. The van der Waals surface area contributed by atoms with Crippen LogP contribution < -0.4 is 0 Å². The van der Waals surface area contributed by atoms with Gasteiger partial charge in [0.25, 0.3) is 0 Å². The minimum atomic E-state index is -2.78. The third-order valence-electron chi connectivity index (χ3n) is 3.46. The first-order valence-corrected chi connectivity index (χ1v) is 9.09. The first-order valence-electron chi connectivity index (χ1n) is 9.09. The molecule has 0 amide bonds. The largest absolute Gasteiger partial charge is 0.479 e. The number of aliphatic carboxylic acids is 1. The van der Waals surface area contributed by atoms with Crippen molar-refractivity contribution >= 4 is 29.8 Å². The summed E-state index contributed by atoms with van der Waals surface area (Å²) >= 11 is 0. The van der Waals surface area contributed by atoms with Crippen LogP contribution in [0.3, 0.4) is 0 Å². The van der Waals surface area contributed by atoms with Crippen LogP contribution in [0.5, 0.6) is 0 Å². The molecule has 11 heteroatoms. The van der Waals surface area contributed by atoms with E-state index in [1.54, 1.807) is 13.8 Å². The topological polar surface area (TPSA) is 163 Å². The predicted octanol–water partition coefficient (Wildman–Crippen LogP) is 0.352. The molecule has 0 aliphatic carbocycles. The van der Waals surface area contributed by atoms with E-state index in [2.05, 4.69) is 0 Å². The van der Waals surface area contributed by atoms with E-state index in [0.717, 1.165) is 0 Å². The fourth-order valence-corrected chi connectivity index (χ4v) is 2.22. The van der Waals surface area contributed by atoms with Gasteiger partial charge < -0.3 is 29.2 Å². The monoisotopic (exact) mass is 420 g/mol. The lowest BCUT2D eigenvalue weighted by molar-refractivity contribution is -0.176. The number of aliphatic hydroxyl groups is 1. The van der Waals surface area contributed by atoms with Crippen LogP contribution in [0.15, 0.2) is 0 Å². The summed E-state index contributed by atoms with van der Waals surface area (Å²) in [6.07, 6.45) is -4.43. The maximum absolute atomic E-state index is 11.9. The number of carbonyl (C=O) groups excluding carboxylic acids is 4. The van der Waals surface area contributed by atoms with Crippen molar-refractivity contribution in [3.8, 4) is 0 Å². The molecule has 0 aromatic carbocycles. The molecule has 2 unspecified atom stereocenters. The van der Waals surface area contributed by atoms with Crippen LogP contribution in [0.4, 0.5) is 0 Å². The van der Waals surface area contributed by atoms with Crippen molar-refractivity contribution in [3.63, 3.8) is 0 Å². The normalized spacial score (nSPS) is 14.7. The van der Waals surface area contributed by atoms with E-state index in [9.17, 15) is 34.2 Å². The molecule has 11 nitrogen and oxygen atoms in total. The number of esters is 4. The molecule has 0 fully saturated rings. The standard InChI is InChI=1S/C18H28O11/c1-5-26-13(19)7-11(3)28-15(21)9-18(25,17(23)24)10-16(22)29-12(4)8-14(20)27-6-2/h11-12,25H,5-10H2,1-4H3,(H,23,24). The highest BCUT2D eigenvalue weighted by Crippen LogP contribution is 2.19. The van der Waals surface area contributed by atoms with E-state index in [-0.39, 0.29) is 26.1 Å². The molecule has 0 aromatic heterocycles. The van der Waals surface area contributed by atoms with Crippen molar-refractivity contribution in [2.45, 2.75) is 71.2 Å². The zero-order valence-corrected chi connectivity index (χ0v) is 17.0. The van der Waals surface area contributed by atoms with Gasteiger partial charge in [-0.25, -0.2) is 4.79 Å². The number of rotatable bonds is 13. The molecule has 2 N–H and O–H groups in total. The first kappa shape index (κ1) is 26.3. The third-order valence-corrected chi connectivity index (χ3v) is 3.46. The van der Waals surface area contributed by atoms with Crippen LogP contribution in [-0.4, -0.2) is 71.1 Å². The lowest BCUT2D eigenvalue weighted by Crippen LogP contribution is -2.44. The maximum Gasteiger partial charge on any atom is 0.336 e. The van der Waals surface area contributed by atoms with E-state index in [1.165, 1.54) is 13.8 Å². The molecule has 0 aliphatic heterocycles. The van der Waals surface area contributed by atoms with Crippen LogP contribution in [-0.2, 0) is 42.9 Å². The van der Waals surface area contributed by atoms with Gasteiger partial charge in [-0.2, -0.15) is 0 Å². The molecular formula is C18H28O11. The Bertz CT molecular complexity index is 557. The average molecular weight is 420 g/mol. The Balaban J connectivity index is 4.77. The Morgan fingerprint density at radius 2 is 1.10 bits per heavy atom. The molecule has 166 valence electrons. The number of hydrogen-bond acceptors (Lipinski definition) is 10. The number of hydrogen-bond donors (Lipinski definition) is 2. The van der Waals surface area contributed by atoms with Gasteiger partial charge in [0.2, 0.25) is 0 Å². The summed E-state index contributed by atoms with van der Waals surface area (Å²) in [5.74, 6) is -5.30. The molecule has 29 heavy (non-hydrogen) atoms. The molecule has 0 spiro atoms. The Hall–Kier alpha value is -2.69. The summed E-state index contributed by atoms with van der Waals surface area (Å²) < 4.78 is 19.2. The Kier molecular flexibility index (Phi) is 11.5. The fraction of sp³-hybridized carbons (Fsp3) is 0.722. The van der Waals surface area contributed by atoms with Gasteiger partial charge in [0.1, 0.15) is 12.2 Å². The summed E-state index contributed by atoms with van der Waals surface area (Å²) in [6, 6.07) is 0. The summed E-state index contributed by atoms with van der Waals surface area (Å²) in [5, 5.41) is 19.4. The molecule has 0 aliphatic rings. The van der Waals surface area contributed by atoms with Crippen molar-refractivity contribution in [1.29, 1.82) is 0 Å². The highest BCUT2D eigenvalue weighted by molar-refractivity contribution is 5.89. The van der Waals surface area contributed by atoms with Gasteiger partial charge in [-0.15, -0.1) is 0 Å². The molecule has 0 rings (SSSR count). The average Bonchev–Trinajstić information content (AvgIpc) is 2.53. The van der Waals surface area contributed by atoms with Gasteiger partial charge in [-0.05, 0) is 27.7 Å². The van der Waals surface area contributed by atoms with Crippen molar-refractivity contribution in [3.05, 3.63) is 0 Å². The van der Waals surface area contributed by atoms with Crippen LogP contribution in [0.1, 0.15) is 53.4 Å². The lowest BCUT2D eigenvalue weighted by atomic mass is 9.95. The second kappa shape index (κ2) is 12.7. The van der Waals surface area contributed by atoms with Crippen molar-refractivity contribution in [1.82, 2.24) is 0 Å². The van der Waals surface area contributed by atoms with E-state index < -0.39 is 60.5 Å². The van der Waals surface area contributed by atoms with Crippen molar-refractivity contribution in [2.75, 3.05) is 13.2 Å². The number of carboxylic acids is 1. The van der Waals surface area contributed by atoms with Crippen molar-refractivity contribution in [2.24, 2.45) is 0 Å². The SMILES string of the molecule is CCOC(=O)CC(C)OC(=O)CC(O)(CC(=O)OC(C)CC(=O)OCC)C(=O)O. The van der Waals surface area contributed by atoms with Gasteiger partial charge in [0, 0.05) is 0 Å². The van der Waals surface area contributed by atoms with E-state index in [0.29, 0.717) is 0 Å². The van der Waals surface area contributed by atoms with Crippen molar-refractivity contribution < 1.29 is 53.1 Å². The van der Waals surface area contributed by atoms with Gasteiger partial charge in [-0.1, -0.05) is 0 Å². The van der Waals surface area contributed by atoms with Crippen LogP contribution >= 0.6 is 0 Å². The maximum atomic E-state index is 11.9. The minimum absolute atomic E-state index is 0.148. The highest BCUT2D eigenvalue weighted by Gasteiger charge is 2.42. The smallest absolute Gasteiger partial charge is 0.336 e. The molecular weight excluding hydrogens is 392 g/mol. The molecule has 0 bridgehead atoms. The Morgan fingerprint density at radius 3 is 1.38 bits per heavy atom. The molecule has 0 heterocycles. The van der Waals surface area contributed by atoms with E-state index >= 15 is 0 Å². The fourth-order valence-electron chi connectivity index (χ4n) is 2.22. The number of carboxylic acid groups (broad SMARTS) is 1. The zero-order valence-electron chi connectivity index (χ0n) is 17.0. The Morgan fingerprint density at radius 1 is 0.759 bits per heavy atom. The predicted molar refractivity (Wildman–Crippen MR) is 95.4 cm³/mol. The van der Waals surface area contributed by atoms with Crippen LogP contribution in [0, 0.1) is 0 Å². The highest BCUT2D eigenvalue weighted by atomic mass is 16.6. The van der Waals surface area contributed by atoms with E-state index in [1.807, 2.05) is 0 Å². The van der Waals surface area contributed by atoms with Gasteiger partial charge in [0.05, 0.1) is 38.9 Å². The molecule has 0 aromatic rings. The molecule has 2 atom stereocenters. The minimum Gasteiger partial charge on any atom is -0.479 e. The van der Waals surface area contributed by atoms with Gasteiger partial charge in [-0.3, -0.25) is 19.2 Å². The summed E-state index contributed by atoms with van der Waals surface area (Å²) in [6.45, 7) is 6.28. The van der Waals surface area contributed by atoms with E-state index in [4.69, 9.17) is 18.9 Å². The molecule has 0 saturated heterocycles. The molecule has 0 saturated carbocycles. The summed E-state index contributed by atoms with van der Waals surface area (Å²) in [4.78, 5) is 57.9. The number of carbonyl (C=O) groups is 5. The second-order valence-corrected chi connectivity index (χ2v) is 6.31.